The van der Waals surface area contributed by atoms with E-state index in [1.807, 2.05) is 36.6 Å². The zero-order valence-electron chi connectivity index (χ0n) is 14.0. The van der Waals surface area contributed by atoms with Crippen LogP contribution in [-0.4, -0.2) is 33.5 Å². The molecule has 0 amide bonds. The number of carbonyl (C=O) groups is 1. The number of sulfone groups is 1. The van der Waals surface area contributed by atoms with Crippen LogP contribution in [0.15, 0.2) is 57.8 Å². The van der Waals surface area contributed by atoms with Crippen molar-refractivity contribution < 1.29 is 17.9 Å². The molecule has 0 aliphatic carbocycles. The van der Waals surface area contributed by atoms with Crippen LogP contribution in [0.1, 0.15) is 12.0 Å². The molecule has 1 aliphatic rings. The third kappa shape index (κ3) is 3.65. The fourth-order valence-corrected chi connectivity index (χ4v) is 4.68. The van der Waals surface area contributed by atoms with Crippen molar-refractivity contribution in [2.45, 2.75) is 16.2 Å². The third-order valence-corrected chi connectivity index (χ3v) is 6.71. The molecule has 130 valence electrons. The highest BCUT2D eigenvalue weighted by atomic mass is 32.2. The smallest absolute Gasteiger partial charge is 0.333 e. The Kier molecular flexibility index (Phi) is 5.01. The van der Waals surface area contributed by atoms with Crippen molar-refractivity contribution in [3.05, 3.63) is 53.6 Å². The zero-order chi connectivity index (χ0) is 18.0. The molecular formula is C19H18O4S2. The molecule has 4 nitrogen and oxygen atoms in total. The van der Waals surface area contributed by atoms with Gasteiger partial charge < -0.3 is 4.74 Å². The molecule has 0 bridgehead atoms. The number of hydrogen-bond acceptors (Lipinski definition) is 5. The molecule has 0 atom stereocenters. The lowest BCUT2D eigenvalue weighted by Gasteiger charge is -2.09. The van der Waals surface area contributed by atoms with Gasteiger partial charge in [-0.1, -0.05) is 18.2 Å². The molecule has 0 saturated heterocycles. The van der Waals surface area contributed by atoms with Crippen LogP contribution in [0.4, 0.5) is 0 Å². The van der Waals surface area contributed by atoms with E-state index in [4.69, 9.17) is 4.74 Å². The molecule has 3 rings (SSSR count). The summed E-state index contributed by atoms with van der Waals surface area (Å²) in [5, 5.41) is 0. The first kappa shape index (κ1) is 17.8. The van der Waals surface area contributed by atoms with Crippen LogP contribution >= 0.6 is 11.8 Å². The summed E-state index contributed by atoms with van der Waals surface area (Å²) in [5.74, 6) is -0.583. The Morgan fingerprint density at radius 1 is 1.08 bits per heavy atom. The van der Waals surface area contributed by atoms with Crippen LogP contribution in [0.2, 0.25) is 0 Å². The van der Waals surface area contributed by atoms with E-state index in [1.165, 1.54) is 7.11 Å². The second-order valence-corrected chi connectivity index (χ2v) is 8.67. The Hall–Kier alpha value is -2.05. The molecule has 0 fully saturated rings. The third-order valence-electron chi connectivity index (χ3n) is 4.19. The van der Waals surface area contributed by atoms with Gasteiger partial charge in [-0.2, -0.15) is 0 Å². The van der Waals surface area contributed by atoms with Crippen LogP contribution in [-0.2, 0) is 19.4 Å². The van der Waals surface area contributed by atoms with E-state index in [2.05, 4.69) is 0 Å². The van der Waals surface area contributed by atoms with Crippen molar-refractivity contribution in [2.24, 2.45) is 0 Å². The second-order valence-electron chi connectivity index (χ2n) is 5.71. The fourth-order valence-electron chi connectivity index (χ4n) is 2.81. The highest BCUT2D eigenvalue weighted by Crippen LogP contribution is 2.31. The summed E-state index contributed by atoms with van der Waals surface area (Å²) in [7, 11) is -2.13. The molecule has 1 heterocycles. The molecule has 0 radical (unpaired) electrons. The van der Waals surface area contributed by atoms with Gasteiger partial charge in [0.05, 0.1) is 17.8 Å². The van der Waals surface area contributed by atoms with E-state index in [9.17, 15) is 13.2 Å². The predicted molar refractivity (Wildman–Crippen MR) is 100 cm³/mol. The van der Waals surface area contributed by atoms with Crippen LogP contribution < -0.4 is 0 Å². The van der Waals surface area contributed by atoms with Gasteiger partial charge in [-0.15, -0.1) is 11.8 Å². The SMILES string of the molecule is COC(=O)C1=Cc2cc(-c3ccc(SC)cc3)ccc2S(=O)(=O)CC1. The first-order valence-corrected chi connectivity index (χ1v) is 10.6. The van der Waals surface area contributed by atoms with Crippen molar-refractivity contribution in [2.75, 3.05) is 19.1 Å². The molecule has 2 aromatic rings. The van der Waals surface area contributed by atoms with Crippen molar-refractivity contribution >= 4 is 33.6 Å². The summed E-state index contributed by atoms with van der Waals surface area (Å²) in [6, 6.07) is 13.3. The van der Waals surface area contributed by atoms with Crippen molar-refractivity contribution in [1.29, 1.82) is 0 Å². The topological polar surface area (TPSA) is 60.4 Å². The summed E-state index contributed by atoms with van der Waals surface area (Å²) in [4.78, 5) is 13.3. The Morgan fingerprint density at radius 2 is 1.76 bits per heavy atom. The molecule has 25 heavy (non-hydrogen) atoms. The minimum absolute atomic E-state index is 0.0945. The molecule has 0 aromatic heterocycles. The van der Waals surface area contributed by atoms with Crippen LogP contribution in [0.25, 0.3) is 17.2 Å². The van der Waals surface area contributed by atoms with E-state index < -0.39 is 15.8 Å². The van der Waals surface area contributed by atoms with E-state index in [0.29, 0.717) is 11.1 Å². The Bertz CT molecular complexity index is 942. The summed E-state index contributed by atoms with van der Waals surface area (Å²) in [6.45, 7) is 0. The maximum Gasteiger partial charge on any atom is 0.333 e. The largest absolute Gasteiger partial charge is 0.466 e. The first-order valence-electron chi connectivity index (χ1n) is 7.75. The highest BCUT2D eigenvalue weighted by Gasteiger charge is 2.25. The number of hydrogen-bond donors (Lipinski definition) is 0. The Balaban J connectivity index is 2.11. The van der Waals surface area contributed by atoms with E-state index >= 15 is 0 Å². The molecule has 0 unspecified atom stereocenters. The maximum absolute atomic E-state index is 12.5. The lowest BCUT2D eigenvalue weighted by molar-refractivity contribution is -0.136. The number of fused-ring (bicyclic) bond motifs is 1. The van der Waals surface area contributed by atoms with Gasteiger partial charge in [-0.25, -0.2) is 13.2 Å². The van der Waals surface area contributed by atoms with E-state index in [1.54, 1.807) is 30.0 Å². The van der Waals surface area contributed by atoms with Crippen LogP contribution in [0.5, 0.6) is 0 Å². The standard InChI is InChI=1S/C19H18O4S2/c1-23-19(20)15-9-10-25(21,22)18-8-5-14(11-16(18)12-15)13-3-6-17(24-2)7-4-13/h3-8,11-12H,9-10H2,1-2H3. The van der Waals surface area contributed by atoms with Gasteiger partial charge in [0.15, 0.2) is 9.84 Å². The number of esters is 1. The number of ether oxygens (including phenoxy) is 1. The number of rotatable bonds is 3. The average molecular weight is 374 g/mol. The molecule has 6 heteroatoms. The summed E-state index contributed by atoms with van der Waals surface area (Å²) in [5.41, 5.74) is 2.81. The normalized spacial score (nSPS) is 15.7. The van der Waals surface area contributed by atoms with Gasteiger partial charge in [0.25, 0.3) is 0 Å². The zero-order valence-corrected chi connectivity index (χ0v) is 15.6. The summed E-state index contributed by atoms with van der Waals surface area (Å²) < 4.78 is 29.7. The van der Waals surface area contributed by atoms with Crippen molar-refractivity contribution in [1.82, 2.24) is 0 Å². The number of benzene rings is 2. The summed E-state index contributed by atoms with van der Waals surface area (Å²) >= 11 is 1.66. The quantitative estimate of drug-likeness (QED) is 0.604. The second kappa shape index (κ2) is 7.06. The highest BCUT2D eigenvalue weighted by molar-refractivity contribution is 7.98. The van der Waals surface area contributed by atoms with Crippen LogP contribution in [0.3, 0.4) is 0 Å². The molecule has 2 aromatic carbocycles. The fraction of sp³-hybridized carbons (Fsp3) is 0.211. The van der Waals surface area contributed by atoms with E-state index in [0.717, 1.165) is 16.0 Å². The molecule has 0 spiro atoms. The van der Waals surface area contributed by atoms with Crippen LogP contribution in [0, 0.1) is 0 Å². The van der Waals surface area contributed by atoms with Gasteiger partial charge in [-0.05, 0) is 59.7 Å². The first-order chi connectivity index (χ1) is 11.9. The lowest BCUT2D eigenvalue weighted by Crippen LogP contribution is -2.09. The average Bonchev–Trinajstić information content (AvgIpc) is 2.77. The number of carbonyl (C=O) groups excluding carboxylic acids is 1. The number of methoxy groups -OCH3 is 1. The molecule has 0 saturated carbocycles. The number of thioether (sulfide) groups is 1. The minimum Gasteiger partial charge on any atom is -0.466 e. The summed E-state index contributed by atoms with van der Waals surface area (Å²) in [6.07, 6.45) is 3.80. The maximum atomic E-state index is 12.5. The molecule has 0 N–H and O–H groups in total. The van der Waals surface area contributed by atoms with Gasteiger partial charge in [0, 0.05) is 10.5 Å². The lowest BCUT2D eigenvalue weighted by atomic mass is 10.0. The van der Waals surface area contributed by atoms with Gasteiger partial charge in [0.2, 0.25) is 0 Å². The van der Waals surface area contributed by atoms with Gasteiger partial charge in [0.1, 0.15) is 0 Å². The Morgan fingerprint density at radius 3 is 2.40 bits per heavy atom. The Labute approximate surface area is 151 Å². The van der Waals surface area contributed by atoms with Crippen molar-refractivity contribution in [3.8, 4) is 11.1 Å². The monoisotopic (exact) mass is 374 g/mol. The van der Waals surface area contributed by atoms with Gasteiger partial charge >= 0.3 is 5.97 Å². The van der Waals surface area contributed by atoms with Crippen molar-refractivity contribution in [3.63, 3.8) is 0 Å². The predicted octanol–water partition coefficient (Wildman–Crippen LogP) is 3.81. The minimum atomic E-state index is -3.43. The van der Waals surface area contributed by atoms with E-state index in [-0.39, 0.29) is 17.1 Å². The molecular weight excluding hydrogens is 356 g/mol. The van der Waals surface area contributed by atoms with Gasteiger partial charge in [-0.3, -0.25) is 0 Å². The molecule has 1 aliphatic heterocycles.